The lowest BCUT2D eigenvalue weighted by molar-refractivity contribution is -0.142. The minimum absolute atomic E-state index is 0.627. The molecule has 2 nitrogen and oxygen atoms in total. The molecule has 0 rings (SSSR count). The first-order valence-corrected chi connectivity index (χ1v) is 2.55. The maximum atomic E-state index is 5.28. The van der Waals surface area contributed by atoms with Crippen LogP contribution in [0.15, 0.2) is 0 Å². The van der Waals surface area contributed by atoms with Crippen molar-refractivity contribution in [2.75, 3.05) is 6.61 Å². The first-order chi connectivity index (χ1) is 3.31. The highest BCUT2D eigenvalue weighted by molar-refractivity contribution is 5.68. The molecule has 0 aliphatic carbocycles. The summed E-state index contributed by atoms with van der Waals surface area (Å²) >= 11 is 0. The topological polar surface area (TPSA) is 34.8 Å². The zero-order valence-electron chi connectivity index (χ0n) is 4.90. The number of hydrogen-bond acceptors (Lipinski definition) is 1. The Bertz CT molecular complexity index is 61.1. The summed E-state index contributed by atoms with van der Waals surface area (Å²) < 4.78 is 4.89. The molecule has 2 N–H and O–H groups in total. The third-order valence-corrected chi connectivity index (χ3v) is 0.678. The molecule has 42 valence electrons. The summed E-state index contributed by atoms with van der Waals surface area (Å²) in [6.07, 6.45) is 0.813. The minimum Gasteiger partial charge on any atom is -0.448 e. The smallest absolute Gasteiger partial charge is 0.332 e. The Balaban J connectivity index is 3.00. The van der Waals surface area contributed by atoms with Crippen molar-refractivity contribution in [3.63, 3.8) is 0 Å². The first-order valence-electron chi connectivity index (χ1n) is 2.55. The van der Waals surface area contributed by atoms with Gasteiger partial charge in [-0.15, -0.1) is 0 Å². The zero-order chi connectivity index (χ0) is 5.70. The van der Waals surface area contributed by atoms with Gasteiger partial charge in [-0.05, 0) is 6.92 Å². The maximum absolute atomic E-state index is 5.28. The second kappa shape index (κ2) is 3.65. The molecule has 0 spiro atoms. The van der Waals surface area contributed by atoms with Gasteiger partial charge in [0.25, 0.3) is 0 Å². The van der Waals surface area contributed by atoms with Gasteiger partial charge in [-0.3, -0.25) is 0 Å². The lowest BCUT2D eigenvalue weighted by Crippen LogP contribution is -2.40. The number of hydrogen-bond donors (Lipinski definition) is 1. The van der Waals surface area contributed by atoms with E-state index in [4.69, 9.17) is 10.1 Å². The number of nitrogens with two attached hydrogens (primary N) is 1. The molecule has 0 saturated carbocycles. The molecule has 0 aromatic carbocycles. The van der Waals surface area contributed by atoms with Crippen molar-refractivity contribution in [1.29, 1.82) is 0 Å². The van der Waals surface area contributed by atoms with Crippen LogP contribution in [-0.2, 0) is 4.74 Å². The van der Waals surface area contributed by atoms with Gasteiger partial charge < -0.3 is 4.74 Å². The Morgan fingerprint density at radius 2 is 2.14 bits per heavy atom. The fourth-order valence-electron chi connectivity index (χ4n) is 0.287. The zero-order valence-corrected chi connectivity index (χ0v) is 4.90. The highest BCUT2D eigenvalue weighted by Crippen LogP contribution is 1.77. The van der Waals surface area contributed by atoms with E-state index >= 15 is 0 Å². The van der Waals surface area contributed by atoms with Crippen molar-refractivity contribution < 1.29 is 10.1 Å². The molecule has 0 atom stereocenters. The van der Waals surface area contributed by atoms with E-state index in [2.05, 4.69) is 0 Å². The third-order valence-electron chi connectivity index (χ3n) is 0.678. The van der Waals surface area contributed by atoms with Crippen LogP contribution in [0, 0.1) is 0 Å². The average molecular weight is 102 g/mol. The van der Waals surface area contributed by atoms with E-state index in [0.29, 0.717) is 12.5 Å². The van der Waals surface area contributed by atoms with Crippen molar-refractivity contribution in [1.82, 2.24) is 0 Å². The van der Waals surface area contributed by atoms with Crippen LogP contribution in [0.3, 0.4) is 0 Å². The molecule has 0 aliphatic heterocycles. The molecular weight excluding hydrogens is 90.1 g/mol. The van der Waals surface area contributed by atoms with Crippen LogP contribution in [0.4, 0.5) is 0 Å². The fourth-order valence-corrected chi connectivity index (χ4v) is 0.287. The Morgan fingerprint density at radius 1 is 1.57 bits per heavy atom. The van der Waals surface area contributed by atoms with Crippen molar-refractivity contribution in [2.45, 2.75) is 20.3 Å². The Kier molecular flexibility index (Phi) is 3.38. The highest BCUT2D eigenvalue weighted by Gasteiger charge is 1.93. The molecule has 0 aromatic rings. The van der Waals surface area contributed by atoms with E-state index in [1.807, 2.05) is 13.8 Å². The molecule has 0 amide bonds. The summed E-state index contributed by atoms with van der Waals surface area (Å²) in [5.74, 6) is 0.627. The van der Waals surface area contributed by atoms with E-state index in [1.165, 1.54) is 0 Å². The van der Waals surface area contributed by atoms with Crippen LogP contribution < -0.4 is 5.41 Å². The van der Waals surface area contributed by atoms with Gasteiger partial charge in [0, 0.05) is 0 Å². The predicted molar refractivity (Wildman–Crippen MR) is 28.8 cm³/mol. The quantitative estimate of drug-likeness (QED) is 0.373. The molecular formula is C5H12NO+. The van der Waals surface area contributed by atoms with Crippen LogP contribution >= 0.6 is 0 Å². The van der Waals surface area contributed by atoms with Gasteiger partial charge in [0.1, 0.15) is 0 Å². The minimum atomic E-state index is 0.627. The van der Waals surface area contributed by atoms with Crippen LogP contribution in [-0.4, -0.2) is 12.5 Å². The second-order valence-corrected chi connectivity index (χ2v) is 1.25. The van der Waals surface area contributed by atoms with Crippen molar-refractivity contribution in [3.8, 4) is 0 Å². The molecule has 0 fully saturated rings. The van der Waals surface area contributed by atoms with Gasteiger partial charge in [-0.2, -0.15) is 0 Å². The maximum Gasteiger partial charge on any atom is 0.332 e. The van der Waals surface area contributed by atoms with Gasteiger partial charge in [0.05, 0.1) is 13.0 Å². The molecule has 0 aliphatic rings. The summed E-state index contributed by atoms with van der Waals surface area (Å²) in [6.45, 7) is 4.56. The molecule has 7 heavy (non-hydrogen) atoms. The number of ether oxygens (including phenoxy) is 1. The molecule has 0 radical (unpaired) electrons. The van der Waals surface area contributed by atoms with Crippen molar-refractivity contribution in [2.24, 2.45) is 0 Å². The summed E-state index contributed by atoms with van der Waals surface area (Å²) in [7, 11) is 0. The Morgan fingerprint density at radius 3 is 2.29 bits per heavy atom. The van der Waals surface area contributed by atoms with Crippen molar-refractivity contribution >= 4 is 5.90 Å². The van der Waals surface area contributed by atoms with Crippen LogP contribution in [0.5, 0.6) is 0 Å². The summed E-state index contributed by atoms with van der Waals surface area (Å²) in [6, 6.07) is 0. The normalized spacial score (nSPS) is 8.29. The van der Waals surface area contributed by atoms with Crippen LogP contribution in [0.1, 0.15) is 20.3 Å². The molecule has 0 bridgehead atoms. The third kappa shape index (κ3) is 3.30. The van der Waals surface area contributed by atoms with E-state index in [9.17, 15) is 0 Å². The summed E-state index contributed by atoms with van der Waals surface area (Å²) in [4.78, 5) is 0. The molecule has 0 aromatic heterocycles. The standard InChI is InChI=1S/C5H11NO/c1-3-5(6)7-4-2/h6H,3-4H2,1-2H3/p+1. The van der Waals surface area contributed by atoms with Gasteiger partial charge in [0.2, 0.25) is 0 Å². The molecule has 0 unspecified atom stereocenters. The lowest BCUT2D eigenvalue weighted by atomic mass is 10.5. The van der Waals surface area contributed by atoms with Crippen LogP contribution in [0.2, 0.25) is 0 Å². The van der Waals surface area contributed by atoms with E-state index < -0.39 is 0 Å². The monoisotopic (exact) mass is 102 g/mol. The summed E-state index contributed by atoms with van der Waals surface area (Å²) in [5, 5.41) is 5.28. The lowest BCUT2D eigenvalue weighted by Gasteiger charge is -1.92. The van der Waals surface area contributed by atoms with Gasteiger partial charge >= 0.3 is 5.90 Å². The largest absolute Gasteiger partial charge is 0.448 e. The Labute approximate surface area is 44.0 Å². The van der Waals surface area contributed by atoms with Gasteiger partial charge in [-0.1, -0.05) is 6.92 Å². The van der Waals surface area contributed by atoms with Crippen molar-refractivity contribution in [3.05, 3.63) is 0 Å². The fraction of sp³-hybridized carbons (Fsp3) is 0.800. The first kappa shape index (κ1) is 6.47. The highest BCUT2D eigenvalue weighted by atomic mass is 16.5. The van der Waals surface area contributed by atoms with E-state index in [-0.39, 0.29) is 0 Å². The van der Waals surface area contributed by atoms with E-state index in [1.54, 1.807) is 0 Å². The van der Waals surface area contributed by atoms with Crippen LogP contribution in [0.25, 0.3) is 0 Å². The van der Waals surface area contributed by atoms with Gasteiger partial charge in [0.15, 0.2) is 0 Å². The Hall–Kier alpha value is -0.530. The van der Waals surface area contributed by atoms with E-state index in [0.717, 1.165) is 6.42 Å². The summed E-state index contributed by atoms with van der Waals surface area (Å²) in [5.41, 5.74) is 0. The average Bonchev–Trinajstić information content (AvgIpc) is 1.68. The number of rotatable bonds is 2. The van der Waals surface area contributed by atoms with Gasteiger partial charge in [-0.25, -0.2) is 5.41 Å². The molecule has 0 saturated heterocycles. The molecule has 2 heteroatoms. The predicted octanol–water partition coefficient (Wildman–Crippen LogP) is -0.410. The second-order valence-electron chi connectivity index (χ2n) is 1.25. The molecule has 0 heterocycles. The SMILES string of the molecule is CCOC(=[NH2+])CC.